The van der Waals surface area contributed by atoms with Crippen molar-refractivity contribution < 1.29 is 9.84 Å². The van der Waals surface area contributed by atoms with Crippen molar-refractivity contribution in [2.24, 2.45) is 11.3 Å². The summed E-state index contributed by atoms with van der Waals surface area (Å²) < 4.78 is 4.97. The lowest BCUT2D eigenvalue weighted by Crippen LogP contribution is -2.26. The van der Waals surface area contributed by atoms with Crippen LogP contribution in [-0.4, -0.2) is 25.4 Å². The van der Waals surface area contributed by atoms with Crippen LogP contribution in [0, 0.1) is 11.3 Å². The van der Waals surface area contributed by atoms with Gasteiger partial charge in [-0.15, -0.1) is 0 Å². The quantitative estimate of drug-likeness (QED) is 0.663. The third-order valence-corrected chi connectivity index (χ3v) is 2.50. The largest absolute Gasteiger partial charge is 0.396 e. The summed E-state index contributed by atoms with van der Waals surface area (Å²) in [5, 5.41) is 9.02. The fraction of sp³-hybridized carbons (Fsp3) is 1.00. The molecule has 0 aromatic carbocycles. The van der Waals surface area contributed by atoms with E-state index >= 15 is 0 Å². The zero-order valence-electron chi connectivity index (χ0n) is 8.05. The van der Waals surface area contributed by atoms with Crippen molar-refractivity contribution in [3.8, 4) is 0 Å². The van der Waals surface area contributed by atoms with Crippen LogP contribution in [0.15, 0.2) is 0 Å². The minimum absolute atomic E-state index is 0.0263. The van der Waals surface area contributed by atoms with E-state index in [9.17, 15) is 0 Å². The molecule has 0 radical (unpaired) electrons. The van der Waals surface area contributed by atoms with Gasteiger partial charge in [0, 0.05) is 20.3 Å². The Morgan fingerprint density at radius 1 is 1.45 bits per heavy atom. The molecule has 0 aliphatic rings. The van der Waals surface area contributed by atoms with E-state index in [1.165, 1.54) is 0 Å². The van der Waals surface area contributed by atoms with E-state index in [1.54, 1.807) is 7.11 Å². The van der Waals surface area contributed by atoms with Crippen LogP contribution in [-0.2, 0) is 4.74 Å². The number of methoxy groups -OCH3 is 1. The molecule has 1 atom stereocenters. The van der Waals surface area contributed by atoms with Gasteiger partial charge in [0.25, 0.3) is 0 Å². The molecule has 0 saturated carbocycles. The molecule has 0 bridgehead atoms. The molecule has 0 saturated heterocycles. The first-order chi connectivity index (χ1) is 5.04. The van der Waals surface area contributed by atoms with Crippen LogP contribution in [0.3, 0.4) is 0 Å². The predicted molar refractivity (Wildman–Crippen MR) is 46.5 cm³/mol. The Morgan fingerprint density at radius 2 is 2.00 bits per heavy atom. The van der Waals surface area contributed by atoms with Crippen LogP contribution in [0.1, 0.15) is 27.2 Å². The zero-order chi connectivity index (χ0) is 8.91. The fourth-order valence-electron chi connectivity index (χ4n) is 0.841. The van der Waals surface area contributed by atoms with Crippen LogP contribution < -0.4 is 0 Å². The highest BCUT2D eigenvalue weighted by molar-refractivity contribution is 4.73. The standard InChI is InChI=1S/C9H20O2/c1-8(5-6-11-4)9(2,3)7-10/h8,10H,5-7H2,1-4H3. The van der Waals surface area contributed by atoms with Gasteiger partial charge in [-0.25, -0.2) is 0 Å². The first-order valence-corrected chi connectivity index (χ1v) is 4.14. The molecule has 2 nitrogen and oxygen atoms in total. The molecule has 11 heavy (non-hydrogen) atoms. The number of hydrogen-bond donors (Lipinski definition) is 1. The van der Waals surface area contributed by atoms with E-state index in [0.717, 1.165) is 13.0 Å². The fourth-order valence-corrected chi connectivity index (χ4v) is 0.841. The summed E-state index contributed by atoms with van der Waals surface area (Å²) in [5.74, 6) is 0.507. The van der Waals surface area contributed by atoms with Crippen molar-refractivity contribution in [1.29, 1.82) is 0 Å². The van der Waals surface area contributed by atoms with Gasteiger partial charge in [-0.05, 0) is 17.8 Å². The molecule has 68 valence electrons. The minimum Gasteiger partial charge on any atom is -0.396 e. The molecule has 0 spiro atoms. The first kappa shape index (κ1) is 10.9. The van der Waals surface area contributed by atoms with Crippen LogP contribution in [0.2, 0.25) is 0 Å². The van der Waals surface area contributed by atoms with Gasteiger partial charge in [0.2, 0.25) is 0 Å². The highest BCUT2D eigenvalue weighted by Crippen LogP contribution is 2.27. The predicted octanol–water partition coefficient (Wildman–Crippen LogP) is 1.68. The first-order valence-electron chi connectivity index (χ1n) is 4.14. The molecule has 0 heterocycles. The second kappa shape index (κ2) is 4.73. The number of hydrogen-bond acceptors (Lipinski definition) is 2. The molecular weight excluding hydrogens is 140 g/mol. The van der Waals surface area contributed by atoms with Gasteiger partial charge in [0.05, 0.1) is 0 Å². The van der Waals surface area contributed by atoms with Gasteiger partial charge in [0.1, 0.15) is 0 Å². The summed E-state index contributed by atoms with van der Waals surface area (Å²) in [6.45, 7) is 7.33. The van der Waals surface area contributed by atoms with E-state index in [2.05, 4.69) is 20.8 Å². The smallest absolute Gasteiger partial charge is 0.0484 e. The van der Waals surface area contributed by atoms with Crippen molar-refractivity contribution in [3.63, 3.8) is 0 Å². The highest BCUT2D eigenvalue weighted by atomic mass is 16.5. The normalized spacial score (nSPS) is 15.0. The SMILES string of the molecule is COCCC(C)C(C)(C)CO. The molecule has 0 rings (SSSR count). The summed E-state index contributed by atoms with van der Waals surface area (Å²) in [4.78, 5) is 0. The molecule has 0 fully saturated rings. The van der Waals surface area contributed by atoms with Gasteiger partial charge < -0.3 is 9.84 Å². The topological polar surface area (TPSA) is 29.5 Å². The van der Waals surface area contributed by atoms with E-state index in [4.69, 9.17) is 9.84 Å². The molecule has 0 aromatic heterocycles. The van der Waals surface area contributed by atoms with Gasteiger partial charge in [0.15, 0.2) is 0 Å². The van der Waals surface area contributed by atoms with E-state index in [0.29, 0.717) is 5.92 Å². The van der Waals surface area contributed by atoms with Crippen LogP contribution >= 0.6 is 0 Å². The zero-order valence-corrected chi connectivity index (χ0v) is 8.05. The molecule has 2 heteroatoms. The summed E-state index contributed by atoms with van der Waals surface area (Å²) in [7, 11) is 1.71. The van der Waals surface area contributed by atoms with Gasteiger partial charge in [-0.1, -0.05) is 20.8 Å². The molecule has 0 aromatic rings. The second-order valence-corrected chi connectivity index (χ2v) is 3.83. The van der Waals surface area contributed by atoms with Crippen molar-refractivity contribution in [2.75, 3.05) is 20.3 Å². The Hall–Kier alpha value is -0.0800. The van der Waals surface area contributed by atoms with Crippen LogP contribution in [0.4, 0.5) is 0 Å². The van der Waals surface area contributed by atoms with Gasteiger partial charge in [-0.2, -0.15) is 0 Å². The number of aliphatic hydroxyl groups is 1. The Kier molecular flexibility index (Phi) is 4.69. The third-order valence-electron chi connectivity index (χ3n) is 2.50. The molecule has 1 unspecified atom stereocenters. The lowest BCUT2D eigenvalue weighted by atomic mass is 9.79. The Morgan fingerprint density at radius 3 is 2.36 bits per heavy atom. The maximum absolute atomic E-state index is 9.02. The average molecular weight is 160 g/mol. The van der Waals surface area contributed by atoms with E-state index in [-0.39, 0.29) is 12.0 Å². The van der Waals surface area contributed by atoms with Crippen molar-refractivity contribution in [3.05, 3.63) is 0 Å². The lowest BCUT2D eigenvalue weighted by Gasteiger charge is -2.29. The summed E-state index contributed by atoms with van der Waals surface area (Å²) >= 11 is 0. The number of ether oxygens (including phenoxy) is 1. The Labute approximate surface area is 69.6 Å². The van der Waals surface area contributed by atoms with E-state index < -0.39 is 0 Å². The lowest BCUT2D eigenvalue weighted by molar-refractivity contribution is 0.0790. The maximum atomic E-state index is 9.02. The van der Waals surface area contributed by atoms with Crippen molar-refractivity contribution >= 4 is 0 Å². The number of rotatable bonds is 5. The molecule has 0 aliphatic carbocycles. The Bertz CT molecular complexity index is 99.7. The minimum atomic E-state index is 0.0263. The van der Waals surface area contributed by atoms with Crippen LogP contribution in [0.5, 0.6) is 0 Å². The summed E-state index contributed by atoms with van der Waals surface area (Å²) in [6, 6.07) is 0. The molecular formula is C9H20O2. The summed E-state index contributed by atoms with van der Waals surface area (Å²) in [6.07, 6.45) is 1.02. The molecule has 1 N–H and O–H groups in total. The van der Waals surface area contributed by atoms with Gasteiger partial charge >= 0.3 is 0 Å². The van der Waals surface area contributed by atoms with E-state index in [1.807, 2.05) is 0 Å². The van der Waals surface area contributed by atoms with Crippen molar-refractivity contribution in [2.45, 2.75) is 27.2 Å². The second-order valence-electron chi connectivity index (χ2n) is 3.83. The average Bonchev–Trinajstić information content (AvgIpc) is 2.00. The molecule has 0 aliphatic heterocycles. The highest BCUT2D eigenvalue weighted by Gasteiger charge is 2.24. The number of aliphatic hydroxyl groups excluding tert-OH is 1. The van der Waals surface area contributed by atoms with Crippen LogP contribution in [0.25, 0.3) is 0 Å². The third kappa shape index (κ3) is 3.73. The molecule has 0 amide bonds. The monoisotopic (exact) mass is 160 g/mol. The van der Waals surface area contributed by atoms with Gasteiger partial charge in [-0.3, -0.25) is 0 Å². The van der Waals surface area contributed by atoms with Crippen molar-refractivity contribution in [1.82, 2.24) is 0 Å². The summed E-state index contributed by atoms with van der Waals surface area (Å²) in [5.41, 5.74) is 0.0263. The maximum Gasteiger partial charge on any atom is 0.0484 e. The Balaban J connectivity index is 3.71.